The quantitative estimate of drug-likeness (QED) is 0.812. The molecule has 6 heteroatoms. The number of nitrogens with zero attached hydrogens (tertiary/aromatic N) is 1. The first kappa shape index (κ1) is 10.7. The Balaban J connectivity index is 2.82. The lowest BCUT2D eigenvalue weighted by molar-refractivity contribution is -0.137. The van der Waals surface area contributed by atoms with Gasteiger partial charge in [-0.2, -0.15) is 0 Å². The van der Waals surface area contributed by atoms with E-state index in [4.69, 9.17) is 16.7 Å². The zero-order chi connectivity index (χ0) is 10.7. The van der Waals surface area contributed by atoms with Crippen molar-refractivity contribution in [3.63, 3.8) is 0 Å². The van der Waals surface area contributed by atoms with Gasteiger partial charge in [-0.25, -0.2) is 9.37 Å². The molecule has 1 aromatic heterocycles. The molecule has 0 aliphatic carbocycles. The molecule has 0 bridgehead atoms. The van der Waals surface area contributed by atoms with Gasteiger partial charge in [0.1, 0.15) is 6.04 Å². The molecular formula is C8H8ClFN2O2. The van der Waals surface area contributed by atoms with Crippen molar-refractivity contribution in [1.29, 1.82) is 0 Å². The molecule has 0 amide bonds. The number of anilines is 1. The van der Waals surface area contributed by atoms with E-state index in [0.717, 1.165) is 6.07 Å². The predicted molar refractivity (Wildman–Crippen MR) is 49.9 cm³/mol. The highest BCUT2D eigenvalue weighted by Crippen LogP contribution is 2.15. The second-order valence-corrected chi connectivity index (χ2v) is 3.12. The van der Waals surface area contributed by atoms with Crippen LogP contribution in [0.5, 0.6) is 0 Å². The molecule has 1 heterocycles. The number of carboxylic acid groups (broad SMARTS) is 1. The molecule has 76 valence electrons. The van der Waals surface area contributed by atoms with Gasteiger partial charge in [-0.3, -0.25) is 4.79 Å². The fourth-order valence-corrected chi connectivity index (χ4v) is 0.932. The van der Waals surface area contributed by atoms with Gasteiger partial charge in [-0.15, -0.1) is 0 Å². The van der Waals surface area contributed by atoms with Crippen LogP contribution in [-0.2, 0) is 4.79 Å². The van der Waals surface area contributed by atoms with Crippen LogP contribution in [0.25, 0.3) is 0 Å². The predicted octanol–water partition coefficient (Wildman–Crippen LogP) is 1.76. The normalized spacial score (nSPS) is 12.2. The standard InChI is InChI=1S/C8H8ClFN2O2/c1-4(8(13)14)12-7-6(10)2-5(9)3-11-7/h2-4H,1H3,(H,11,12)(H,13,14)/t4-/m1/s1. The molecule has 0 aromatic carbocycles. The first-order valence-corrected chi connectivity index (χ1v) is 4.19. The van der Waals surface area contributed by atoms with Gasteiger partial charge in [0.15, 0.2) is 11.6 Å². The Labute approximate surface area is 84.7 Å². The van der Waals surface area contributed by atoms with Crippen molar-refractivity contribution in [3.05, 3.63) is 23.1 Å². The van der Waals surface area contributed by atoms with Crippen molar-refractivity contribution in [2.75, 3.05) is 5.32 Å². The summed E-state index contributed by atoms with van der Waals surface area (Å²) >= 11 is 5.47. The van der Waals surface area contributed by atoms with Gasteiger partial charge in [0.05, 0.1) is 5.02 Å². The van der Waals surface area contributed by atoms with E-state index in [1.807, 2.05) is 0 Å². The maximum absolute atomic E-state index is 13.1. The third-order valence-electron chi connectivity index (χ3n) is 1.53. The number of hydrogen-bond donors (Lipinski definition) is 2. The van der Waals surface area contributed by atoms with Crippen LogP contribution in [0.3, 0.4) is 0 Å². The maximum atomic E-state index is 13.1. The van der Waals surface area contributed by atoms with Crippen LogP contribution < -0.4 is 5.32 Å². The molecule has 0 saturated heterocycles. The number of aliphatic carboxylic acids is 1. The van der Waals surface area contributed by atoms with Gasteiger partial charge >= 0.3 is 5.97 Å². The molecule has 0 aliphatic heterocycles. The Bertz CT molecular complexity index is 359. The average molecular weight is 219 g/mol. The Morgan fingerprint density at radius 3 is 2.93 bits per heavy atom. The topological polar surface area (TPSA) is 62.2 Å². The van der Waals surface area contributed by atoms with E-state index < -0.39 is 17.8 Å². The molecule has 0 aliphatic rings. The summed E-state index contributed by atoms with van der Waals surface area (Å²) in [5.41, 5.74) is 0. The van der Waals surface area contributed by atoms with E-state index in [1.165, 1.54) is 13.1 Å². The van der Waals surface area contributed by atoms with E-state index in [1.54, 1.807) is 0 Å². The minimum absolute atomic E-state index is 0.121. The highest BCUT2D eigenvalue weighted by Gasteiger charge is 2.13. The molecule has 2 N–H and O–H groups in total. The number of rotatable bonds is 3. The first-order chi connectivity index (χ1) is 6.50. The van der Waals surface area contributed by atoms with E-state index in [9.17, 15) is 9.18 Å². The minimum atomic E-state index is -1.08. The SMILES string of the molecule is C[C@@H](Nc1ncc(Cl)cc1F)C(=O)O. The summed E-state index contributed by atoms with van der Waals surface area (Å²) < 4.78 is 13.1. The van der Waals surface area contributed by atoms with Crippen molar-refractivity contribution >= 4 is 23.4 Å². The Kier molecular flexibility index (Phi) is 3.24. The molecule has 0 fully saturated rings. The molecule has 4 nitrogen and oxygen atoms in total. The van der Waals surface area contributed by atoms with Crippen LogP contribution in [0.1, 0.15) is 6.92 Å². The van der Waals surface area contributed by atoms with E-state index in [0.29, 0.717) is 0 Å². The maximum Gasteiger partial charge on any atom is 0.325 e. The average Bonchev–Trinajstić information content (AvgIpc) is 2.09. The molecule has 0 unspecified atom stereocenters. The molecule has 0 saturated carbocycles. The fraction of sp³-hybridized carbons (Fsp3) is 0.250. The number of halogens is 2. The summed E-state index contributed by atoms with van der Waals surface area (Å²) in [6, 6.07) is 0.157. The summed E-state index contributed by atoms with van der Waals surface area (Å²) in [5.74, 6) is -1.88. The minimum Gasteiger partial charge on any atom is -0.480 e. The summed E-state index contributed by atoms with van der Waals surface area (Å²) in [7, 11) is 0. The highest BCUT2D eigenvalue weighted by atomic mass is 35.5. The van der Waals surface area contributed by atoms with Crippen LogP contribution in [-0.4, -0.2) is 22.1 Å². The molecule has 0 radical (unpaired) electrons. The van der Waals surface area contributed by atoms with E-state index in [-0.39, 0.29) is 10.8 Å². The number of hydrogen-bond acceptors (Lipinski definition) is 3. The molecule has 1 atom stereocenters. The number of carboxylic acids is 1. The zero-order valence-corrected chi connectivity index (χ0v) is 8.05. The Morgan fingerprint density at radius 1 is 1.79 bits per heavy atom. The highest BCUT2D eigenvalue weighted by molar-refractivity contribution is 6.30. The summed E-state index contributed by atoms with van der Waals surface area (Å²) in [4.78, 5) is 14.1. The smallest absolute Gasteiger partial charge is 0.325 e. The Morgan fingerprint density at radius 2 is 2.43 bits per heavy atom. The molecular weight excluding hydrogens is 211 g/mol. The van der Waals surface area contributed by atoms with Crippen LogP contribution in [0.15, 0.2) is 12.3 Å². The van der Waals surface area contributed by atoms with E-state index >= 15 is 0 Å². The number of nitrogens with one attached hydrogen (secondary N) is 1. The number of pyridine rings is 1. The largest absolute Gasteiger partial charge is 0.480 e. The van der Waals surface area contributed by atoms with Crippen LogP contribution in [0, 0.1) is 5.82 Å². The monoisotopic (exact) mass is 218 g/mol. The van der Waals surface area contributed by atoms with Crippen molar-refractivity contribution in [2.24, 2.45) is 0 Å². The zero-order valence-electron chi connectivity index (χ0n) is 7.29. The lowest BCUT2D eigenvalue weighted by Crippen LogP contribution is -2.26. The first-order valence-electron chi connectivity index (χ1n) is 3.81. The third-order valence-corrected chi connectivity index (χ3v) is 1.74. The second kappa shape index (κ2) is 4.23. The van der Waals surface area contributed by atoms with Crippen molar-refractivity contribution in [2.45, 2.75) is 13.0 Å². The summed E-state index contributed by atoms with van der Waals surface area (Å²) in [6.45, 7) is 1.39. The van der Waals surface area contributed by atoms with Crippen molar-refractivity contribution in [3.8, 4) is 0 Å². The third kappa shape index (κ3) is 2.56. The van der Waals surface area contributed by atoms with Gasteiger partial charge in [-0.1, -0.05) is 11.6 Å². The van der Waals surface area contributed by atoms with Crippen LogP contribution in [0.4, 0.5) is 10.2 Å². The van der Waals surface area contributed by atoms with Gasteiger partial charge in [0.2, 0.25) is 0 Å². The lowest BCUT2D eigenvalue weighted by atomic mass is 10.3. The summed E-state index contributed by atoms with van der Waals surface area (Å²) in [5, 5.41) is 11.1. The van der Waals surface area contributed by atoms with Gasteiger partial charge < -0.3 is 10.4 Å². The fourth-order valence-electron chi connectivity index (χ4n) is 0.788. The van der Waals surface area contributed by atoms with Crippen molar-refractivity contribution < 1.29 is 14.3 Å². The van der Waals surface area contributed by atoms with E-state index in [2.05, 4.69) is 10.3 Å². The van der Waals surface area contributed by atoms with Gasteiger partial charge in [0.25, 0.3) is 0 Å². The number of carbonyl (C=O) groups is 1. The molecule has 0 spiro atoms. The van der Waals surface area contributed by atoms with Gasteiger partial charge in [0, 0.05) is 6.20 Å². The van der Waals surface area contributed by atoms with Gasteiger partial charge in [-0.05, 0) is 13.0 Å². The second-order valence-electron chi connectivity index (χ2n) is 2.69. The van der Waals surface area contributed by atoms with Crippen LogP contribution in [0.2, 0.25) is 5.02 Å². The molecule has 1 aromatic rings. The lowest BCUT2D eigenvalue weighted by Gasteiger charge is -2.10. The van der Waals surface area contributed by atoms with Crippen molar-refractivity contribution in [1.82, 2.24) is 4.98 Å². The molecule has 1 rings (SSSR count). The van der Waals surface area contributed by atoms with Crippen LogP contribution >= 0.6 is 11.6 Å². The molecule has 14 heavy (non-hydrogen) atoms. The number of aromatic nitrogens is 1. The Hall–Kier alpha value is -1.36. The summed E-state index contributed by atoms with van der Waals surface area (Å²) in [6.07, 6.45) is 1.24.